The zero-order valence-corrected chi connectivity index (χ0v) is 17.0. The Hall–Kier alpha value is -2.34. The van der Waals surface area contributed by atoms with Gasteiger partial charge in [0.25, 0.3) is 0 Å². The number of sulfone groups is 1. The summed E-state index contributed by atoms with van der Waals surface area (Å²) < 4.78 is 37.1. The SMILES string of the molecule is CCOC(=O)C(C(CC)c1cccc(OC)c1)S(=O)(=O)c1ccc(C)cc1. The average Bonchev–Trinajstić information content (AvgIpc) is 2.66. The average molecular weight is 391 g/mol. The second-order valence-corrected chi connectivity index (χ2v) is 8.39. The van der Waals surface area contributed by atoms with Gasteiger partial charge in [-0.05, 0) is 50.1 Å². The minimum atomic E-state index is -3.93. The second-order valence-electron chi connectivity index (χ2n) is 6.32. The van der Waals surface area contributed by atoms with Crippen molar-refractivity contribution in [2.75, 3.05) is 13.7 Å². The van der Waals surface area contributed by atoms with Crippen molar-refractivity contribution in [1.29, 1.82) is 0 Å². The maximum Gasteiger partial charge on any atom is 0.325 e. The van der Waals surface area contributed by atoms with E-state index in [-0.39, 0.29) is 11.5 Å². The molecule has 0 bridgehead atoms. The van der Waals surface area contributed by atoms with E-state index in [1.165, 1.54) is 12.1 Å². The number of esters is 1. The molecule has 5 nitrogen and oxygen atoms in total. The van der Waals surface area contributed by atoms with E-state index >= 15 is 0 Å². The highest BCUT2D eigenvalue weighted by atomic mass is 32.2. The standard InChI is InChI=1S/C21H26O5S/c1-5-19(16-8-7-9-17(14-16)25-4)20(21(22)26-6-2)27(23,24)18-12-10-15(3)11-13-18/h7-14,19-20H,5-6H2,1-4H3. The maximum absolute atomic E-state index is 13.4. The Labute approximate surface area is 161 Å². The predicted molar refractivity (Wildman–Crippen MR) is 105 cm³/mol. The summed E-state index contributed by atoms with van der Waals surface area (Å²) in [6, 6.07) is 13.7. The molecule has 0 heterocycles. The van der Waals surface area contributed by atoms with Crippen molar-refractivity contribution < 1.29 is 22.7 Å². The maximum atomic E-state index is 13.4. The zero-order chi connectivity index (χ0) is 20.0. The molecule has 0 aliphatic carbocycles. The van der Waals surface area contributed by atoms with Crippen molar-refractivity contribution in [1.82, 2.24) is 0 Å². The quantitative estimate of drug-likeness (QED) is 0.639. The molecule has 2 atom stereocenters. The minimum Gasteiger partial charge on any atom is -0.497 e. The fraction of sp³-hybridized carbons (Fsp3) is 0.381. The second kappa shape index (κ2) is 9.04. The van der Waals surface area contributed by atoms with Gasteiger partial charge in [0.2, 0.25) is 0 Å². The predicted octanol–water partition coefficient (Wildman–Crippen LogP) is 3.90. The van der Waals surface area contributed by atoms with Crippen LogP contribution in [0.25, 0.3) is 0 Å². The number of hydrogen-bond donors (Lipinski definition) is 0. The summed E-state index contributed by atoms with van der Waals surface area (Å²) in [5, 5.41) is -1.32. The van der Waals surface area contributed by atoms with Crippen molar-refractivity contribution in [3.63, 3.8) is 0 Å². The van der Waals surface area contributed by atoms with E-state index in [0.717, 1.165) is 11.1 Å². The molecule has 0 saturated carbocycles. The Morgan fingerprint density at radius 2 is 1.74 bits per heavy atom. The Balaban J connectivity index is 2.58. The van der Waals surface area contributed by atoms with Crippen LogP contribution in [-0.4, -0.2) is 33.4 Å². The largest absolute Gasteiger partial charge is 0.497 e. The molecule has 2 rings (SSSR count). The first-order valence-corrected chi connectivity index (χ1v) is 10.5. The van der Waals surface area contributed by atoms with Gasteiger partial charge in [0.1, 0.15) is 5.75 Å². The van der Waals surface area contributed by atoms with E-state index < -0.39 is 27.0 Å². The number of carbonyl (C=O) groups is 1. The lowest BCUT2D eigenvalue weighted by Gasteiger charge is -2.25. The van der Waals surface area contributed by atoms with Gasteiger partial charge in [-0.15, -0.1) is 0 Å². The normalized spacial score (nSPS) is 13.6. The number of hydrogen-bond acceptors (Lipinski definition) is 5. The van der Waals surface area contributed by atoms with Gasteiger partial charge in [-0.25, -0.2) is 8.42 Å². The van der Waals surface area contributed by atoms with Crippen LogP contribution in [0, 0.1) is 6.92 Å². The van der Waals surface area contributed by atoms with Crippen LogP contribution in [0.4, 0.5) is 0 Å². The molecule has 2 unspecified atom stereocenters. The number of aryl methyl sites for hydroxylation is 1. The Kier molecular flexibility index (Phi) is 7.02. The number of rotatable bonds is 8. The van der Waals surface area contributed by atoms with Crippen molar-refractivity contribution in [3.8, 4) is 5.75 Å². The van der Waals surface area contributed by atoms with Gasteiger partial charge in [0, 0.05) is 5.92 Å². The Bertz CT molecular complexity index is 872. The van der Waals surface area contributed by atoms with Gasteiger partial charge in [-0.3, -0.25) is 4.79 Å². The van der Waals surface area contributed by atoms with E-state index in [0.29, 0.717) is 12.2 Å². The number of benzene rings is 2. The van der Waals surface area contributed by atoms with Gasteiger partial charge in [-0.2, -0.15) is 0 Å². The van der Waals surface area contributed by atoms with Crippen LogP contribution < -0.4 is 4.74 Å². The summed E-state index contributed by atoms with van der Waals surface area (Å²) >= 11 is 0. The molecule has 146 valence electrons. The van der Waals surface area contributed by atoms with Gasteiger partial charge in [-0.1, -0.05) is 36.8 Å². The Morgan fingerprint density at radius 3 is 2.30 bits per heavy atom. The van der Waals surface area contributed by atoms with E-state index in [2.05, 4.69) is 0 Å². The van der Waals surface area contributed by atoms with Crippen LogP contribution in [0.1, 0.15) is 37.3 Å². The van der Waals surface area contributed by atoms with Crippen molar-refractivity contribution in [3.05, 3.63) is 59.7 Å². The zero-order valence-electron chi connectivity index (χ0n) is 16.1. The highest BCUT2D eigenvalue weighted by Crippen LogP contribution is 2.34. The van der Waals surface area contributed by atoms with E-state index in [4.69, 9.17) is 9.47 Å². The molecule has 2 aromatic carbocycles. The highest BCUT2D eigenvalue weighted by Gasteiger charge is 2.41. The third-order valence-electron chi connectivity index (χ3n) is 4.53. The number of ether oxygens (including phenoxy) is 2. The highest BCUT2D eigenvalue weighted by molar-refractivity contribution is 7.92. The van der Waals surface area contributed by atoms with Gasteiger partial charge < -0.3 is 9.47 Å². The van der Waals surface area contributed by atoms with Gasteiger partial charge >= 0.3 is 5.97 Å². The number of methoxy groups -OCH3 is 1. The van der Waals surface area contributed by atoms with Crippen molar-refractivity contribution >= 4 is 15.8 Å². The van der Waals surface area contributed by atoms with Crippen LogP contribution in [0.3, 0.4) is 0 Å². The van der Waals surface area contributed by atoms with Gasteiger partial charge in [0.05, 0.1) is 18.6 Å². The minimum absolute atomic E-state index is 0.118. The summed E-state index contributed by atoms with van der Waals surface area (Å²) in [6.07, 6.45) is 0.460. The summed E-state index contributed by atoms with van der Waals surface area (Å²) in [5.74, 6) is -0.667. The first-order valence-electron chi connectivity index (χ1n) is 8.96. The fourth-order valence-electron chi connectivity index (χ4n) is 3.10. The monoisotopic (exact) mass is 390 g/mol. The molecule has 0 aromatic heterocycles. The smallest absolute Gasteiger partial charge is 0.325 e. The fourth-order valence-corrected chi connectivity index (χ4v) is 5.02. The molecule has 27 heavy (non-hydrogen) atoms. The molecule has 0 N–H and O–H groups in total. The lowest BCUT2D eigenvalue weighted by atomic mass is 9.92. The summed E-state index contributed by atoms with van der Waals surface area (Å²) in [5.41, 5.74) is 1.67. The molecular weight excluding hydrogens is 364 g/mol. The first-order chi connectivity index (χ1) is 12.8. The van der Waals surface area contributed by atoms with Crippen LogP contribution in [0.2, 0.25) is 0 Å². The van der Waals surface area contributed by atoms with Crippen molar-refractivity contribution in [2.45, 2.75) is 43.3 Å². The van der Waals surface area contributed by atoms with Crippen LogP contribution in [0.5, 0.6) is 5.75 Å². The first kappa shape index (κ1) is 21.0. The van der Waals surface area contributed by atoms with Gasteiger partial charge in [0.15, 0.2) is 15.1 Å². The van der Waals surface area contributed by atoms with Crippen LogP contribution >= 0.6 is 0 Å². The van der Waals surface area contributed by atoms with Crippen molar-refractivity contribution in [2.24, 2.45) is 0 Å². The van der Waals surface area contributed by atoms with E-state index in [9.17, 15) is 13.2 Å². The Morgan fingerprint density at radius 1 is 1.07 bits per heavy atom. The van der Waals surface area contributed by atoms with E-state index in [1.807, 2.05) is 19.9 Å². The third-order valence-corrected chi connectivity index (χ3v) is 6.65. The number of carbonyl (C=O) groups excluding carboxylic acids is 1. The summed E-state index contributed by atoms with van der Waals surface area (Å²) in [6.45, 7) is 5.53. The molecule has 0 spiro atoms. The molecule has 0 saturated heterocycles. The molecule has 2 aromatic rings. The third kappa shape index (κ3) is 4.69. The van der Waals surface area contributed by atoms with Crippen LogP contribution in [0.15, 0.2) is 53.4 Å². The topological polar surface area (TPSA) is 69.7 Å². The lowest BCUT2D eigenvalue weighted by Crippen LogP contribution is -2.37. The summed E-state index contributed by atoms with van der Waals surface area (Å²) in [4.78, 5) is 12.8. The molecule has 0 amide bonds. The molecular formula is C21H26O5S. The molecule has 6 heteroatoms. The van der Waals surface area contributed by atoms with E-state index in [1.54, 1.807) is 44.4 Å². The lowest BCUT2D eigenvalue weighted by molar-refractivity contribution is -0.143. The molecule has 0 fully saturated rings. The summed E-state index contributed by atoms with van der Waals surface area (Å²) in [7, 11) is -2.39. The molecule has 0 radical (unpaired) electrons. The van der Waals surface area contributed by atoms with Crippen LogP contribution in [-0.2, 0) is 19.4 Å². The molecule has 0 aliphatic heterocycles. The molecule has 0 aliphatic rings.